The molecule has 1 saturated heterocycles. The van der Waals surface area contributed by atoms with Gasteiger partial charge in [0.25, 0.3) is 0 Å². The van der Waals surface area contributed by atoms with Crippen molar-refractivity contribution in [1.82, 2.24) is 5.32 Å². The Bertz CT molecular complexity index is 310. The van der Waals surface area contributed by atoms with Crippen LogP contribution in [0.1, 0.15) is 25.7 Å². The molecule has 0 radical (unpaired) electrons. The highest BCUT2D eigenvalue weighted by Gasteiger charge is 2.28. The van der Waals surface area contributed by atoms with Gasteiger partial charge < -0.3 is 20.3 Å². The molecule has 2 atom stereocenters. The van der Waals surface area contributed by atoms with Gasteiger partial charge in [0, 0.05) is 13.0 Å². The highest BCUT2D eigenvalue weighted by atomic mass is 16.5. The molecule has 1 amide bonds. The molecule has 1 aliphatic heterocycles. The Balaban J connectivity index is 2.44. The molecular weight excluding hydrogens is 230 g/mol. The summed E-state index contributed by atoms with van der Waals surface area (Å²) in [6.07, 6.45) is 0.287. The van der Waals surface area contributed by atoms with Crippen molar-refractivity contribution in [2.45, 2.75) is 37.8 Å². The Morgan fingerprint density at radius 3 is 2.53 bits per heavy atom. The largest absolute Gasteiger partial charge is 0.481 e. The summed E-state index contributed by atoms with van der Waals surface area (Å²) >= 11 is 0. The summed E-state index contributed by atoms with van der Waals surface area (Å²) in [5, 5.41) is 19.6. The van der Waals surface area contributed by atoms with Crippen LogP contribution in [0.3, 0.4) is 0 Å². The summed E-state index contributed by atoms with van der Waals surface area (Å²) in [6, 6.07) is -1.18. The Kier molecular flexibility index (Phi) is 4.89. The molecule has 0 aromatic heterocycles. The lowest BCUT2D eigenvalue weighted by molar-refractivity contribution is -0.144. The van der Waals surface area contributed by atoms with Crippen LogP contribution in [0.25, 0.3) is 0 Å². The number of hydrogen-bond donors (Lipinski definition) is 3. The lowest BCUT2D eigenvalue weighted by Gasteiger charge is -2.16. The van der Waals surface area contributed by atoms with E-state index in [2.05, 4.69) is 5.32 Å². The van der Waals surface area contributed by atoms with Gasteiger partial charge >= 0.3 is 11.9 Å². The van der Waals surface area contributed by atoms with Crippen LogP contribution in [0, 0.1) is 0 Å². The van der Waals surface area contributed by atoms with Crippen LogP contribution in [-0.4, -0.2) is 46.8 Å². The van der Waals surface area contributed by atoms with E-state index in [1.165, 1.54) is 0 Å². The van der Waals surface area contributed by atoms with Crippen molar-refractivity contribution in [1.29, 1.82) is 0 Å². The first kappa shape index (κ1) is 13.4. The van der Waals surface area contributed by atoms with E-state index in [0.29, 0.717) is 13.0 Å². The molecule has 7 heteroatoms. The Morgan fingerprint density at radius 2 is 2.06 bits per heavy atom. The van der Waals surface area contributed by atoms with Crippen LogP contribution in [0.5, 0.6) is 0 Å². The van der Waals surface area contributed by atoms with Crippen LogP contribution in [-0.2, 0) is 19.1 Å². The highest BCUT2D eigenvalue weighted by molar-refractivity contribution is 5.86. The standard InChI is InChI=1S/C10H15NO6/c12-8(13)4-3-6(10(15)16)11-9(14)7-2-1-5-17-7/h6-7H,1-5H2,(H,11,14)(H,12,13)(H,15,16)/t6-,7+/m0/s1. The third-order valence-electron chi connectivity index (χ3n) is 2.48. The minimum atomic E-state index is -1.24. The van der Waals surface area contributed by atoms with Crippen molar-refractivity contribution in [3.63, 3.8) is 0 Å². The maximum Gasteiger partial charge on any atom is 0.326 e. The fraction of sp³-hybridized carbons (Fsp3) is 0.700. The zero-order valence-corrected chi connectivity index (χ0v) is 9.22. The lowest BCUT2D eigenvalue weighted by Crippen LogP contribution is -2.45. The van der Waals surface area contributed by atoms with E-state index in [4.69, 9.17) is 14.9 Å². The number of aliphatic carboxylic acids is 2. The van der Waals surface area contributed by atoms with Gasteiger partial charge in [-0.15, -0.1) is 0 Å². The average Bonchev–Trinajstić information content (AvgIpc) is 2.76. The monoisotopic (exact) mass is 245 g/mol. The van der Waals surface area contributed by atoms with Gasteiger partial charge in [-0.25, -0.2) is 4.79 Å². The van der Waals surface area contributed by atoms with E-state index in [1.807, 2.05) is 0 Å². The first-order valence-electron chi connectivity index (χ1n) is 5.37. The number of carboxylic acids is 2. The van der Waals surface area contributed by atoms with E-state index >= 15 is 0 Å². The second-order valence-corrected chi connectivity index (χ2v) is 3.83. The molecule has 17 heavy (non-hydrogen) atoms. The van der Waals surface area contributed by atoms with E-state index < -0.39 is 30.0 Å². The average molecular weight is 245 g/mol. The molecule has 96 valence electrons. The van der Waals surface area contributed by atoms with Crippen LogP contribution in [0.4, 0.5) is 0 Å². The highest BCUT2D eigenvalue weighted by Crippen LogP contribution is 2.12. The number of carbonyl (C=O) groups is 3. The summed E-state index contributed by atoms with van der Waals surface area (Å²) in [7, 11) is 0. The van der Waals surface area contributed by atoms with Gasteiger partial charge in [-0.1, -0.05) is 0 Å². The van der Waals surface area contributed by atoms with E-state index in [0.717, 1.165) is 6.42 Å². The smallest absolute Gasteiger partial charge is 0.326 e. The van der Waals surface area contributed by atoms with E-state index in [9.17, 15) is 14.4 Å². The molecule has 1 aliphatic rings. The zero-order valence-electron chi connectivity index (χ0n) is 9.22. The SMILES string of the molecule is O=C(O)CC[C@H](NC(=O)[C@H]1CCCO1)C(=O)O. The van der Waals surface area contributed by atoms with Crippen molar-refractivity contribution < 1.29 is 29.3 Å². The fourth-order valence-electron chi connectivity index (χ4n) is 1.57. The van der Waals surface area contributed by atoms with Gasteiger partial charge in [-0.05, 0) is 19.3 Å². The summed E-state index contributed by atoms with van der Waals surface area (Å²) in [5.74, 6) is -2.82. The molecule has 1 heterocycles. The Hall–Kier alpha value is -1.63. The van der Waals surface area contributed by atoms with Crippen LogP contribution in [0.2, 0.25) is 0 Å². The maximum absolute atomic E-state index is 11.6. The van der Waals surface area contributed by atoms with Crippen molar-refractivity contribution in [3.05, 3.63) is 0 Å². The molecule has 0 aliphatic carbocycles. The van der Waals surface area contributed by atoms with Gasteiger partial charge in [0.2, 0.25) is 5.91 Å². The summed E-state index contributed by atoms with van der Waals surface area (Å²) in [6.45, 7) is 0.491. The quantitative estimate of drug-likeness (QED) is 0.586. The molecule has 0 unspecified atom stereocenters. The first-order valence-corrected chi connectivity index (χ1v) is 5.37. The van der Waals surface area contributed by atoms with Gasteiger partial charge in [0.05, 0.1) is 0 Å². The number of amides is 1. The topological polar surface area (TPSA) is 113 Å². The second kappa shape index (κ2) is 6.19. The summed E-state index contributed by atoms with van der Waals surface area (Å²) in [5.41, 5.74) is 0. The molecule has 0 aromatic carbocycles. The van der Waals surface area contributed by atoms with Crippen molar-refractivity contribution in [3.8, 4) is 0 Å². The molecule has 1 fully saturated rings. The fourth-order valence-corrected chi connectivity index (χ4v) is 1.57. The van der Waals surface area contributed by atoms with Crippen molar-refractivity contribution >= 4 is 17.8 Å². The normalized spacial score (nSPS) is 20.8. The van der Waals surface area contributed by atoms with Gasteiger partial charge in [-0.3, -0.25) is 9.59 Å². The second-order valence-electron chi connectivity index (χ2n) is 3.83. The summed E-state index contributed by atoms with van der Waals surface area (Å²) in [4.78, 5) is 32.7. The Morgan fingerprint density at radius 1 is 1.35 bits per heavy atom. The van der Waals surface area contributed by atoms with Crippen molar-refractivity contribution in [2.75, 3.05) is 6.61 Å². The molecular formula is C10H15NO6. The van der Waals surface area contributed by atoms with Crippen molar-refractivity contribution in [2.24, 2.45) is 0 Å². The molecule has 0 saturated carbocycles. The number of ether oxygens (including phenoxy) is 1. The number of rotatable bonds is 6. The minimum absolute atomic E-state index is 0.136. The third kappa shape index (κ3) is 4.39. The number of carboxylic acid groups (broad SMARTS) is 2. The zero-order chi connectivity index (χ0) is 12.8. The van der Waals surface area contributed by atoms with Gasteiger partial charge in [-0.2, -0.15) is 0 Å². The molecule has 1 rings (SSSR count). The maximum atomic E-state index is 11.6. The van der Waals surface area contributed by atoms with Crippen LogP contribution in [0.15, 0.2) is 0 Å². The molecule has 0 aromatic rings. The number of nitrogens with one attached hydrogen (secondary N) is 1. The third-order valence-corrected chi connectivity index (χ3v) is 2.48. The van der Waals surface area contributed by atoms with E-state index in [1.54, 1.807) is 0 Å². The molecule has 3 N–H and O–H groups in total. The summed E-state index contributed by atoms with van der Waals surface area (Å²) < 4.78 is 5.10. The number of carbonyl (C=O) groups excluding carboxylic acids is 1. The minimum Gasteiger partial charge on any atom is -0.481 e. The van der Waals surface area contributed by atoms with E-state index in [-0.39, 0.29) is 12.8 Å². The van der Waals surface area contributed by atoms with Gasteiger partial charge in [0.1, 0.15) is 12.1 Å². The van der Waals surface area contributed by atoms with Crippen LogP contribution < -0.4 is 5.32 Å². The Labute approximate surface area is 97.8 Å². The lowest BCUT2D eigenvalue weighted by atomic mass is 10.1. The first-order chi connectivity index (χ1) is 8.00. The predicted octanol–water partition coefficient (Wildman–Crippen LogP) is -0.400. The molecule has 7 nitrogen and oxygen atoms in total. The molecule has 0 spiro atoms. The predicted molar refractivity (Wildman–Crippen MR) is 55.4 cm³/mol. The number of hydrogen-bond acceptors (Lipinski definition) is 4. The van der Waals surface area contributed by atoms with Crippen LogP contribution >= 0.6 is 0 Å². The molecule has 0 bridgehead atoms. The van der Waals surface area contributed by atoms with Gasteiger partial charge in [0.15, 0.2) is 0 Å².